The third-order valence-corrected chi connectivity index (χ3v) is 6.34. The summed E-state index contributed by atoms with van der Waals surface area (Å²) in [5, 5.41) is 8.81. The Hall–Kier alpha value is -4.09. The number of ether oxygens (including phenoxy) is 4. The van der Waals surface area contributed by atoms with Crippen LogP contribution in [0.2, 0.25) is 0 Å². The van der Waals surface area contributed by atoms with Crippen LogP contribution in [0.25, 0.3) is 22.4 Å². The van der Waals surface area contributed by atoms with Crippen molar-refractivity contribution in [3.63, 3.8) is 0 Å². The van der Waals surface area contributed by atoms with Gasteiger partial charge >= 0.3 is 5.97 Å². The van der Waals surface area contributed by atoms with E-state index in [4.69, 9.17) is 29.8 Å². The fourth-order valence-corrected chi connectivity index (χ4v) is 4.48. The van der Waals surface area contributed by atoms with Crippen LogP contribution in [0.3, 0.4) is 0 Å². The van der Waals surface area contributed by atoms with Gasteiger partial charge in [-0.3, -0.25) is 4.79 Å². The summed E-state index contributed by atoms with van der Waals surface area (Å²) in [4.78, 5) is 30.1. The van der Waals surface area contributed by atoms with Crippen molar-refractivity contribution in [1.82, 2.24) is 9.97 Å². The zero-order valence-electron chi connectivity index (χ0n) is 21.2. The first kappa shape index (κ1) is 26.5. The van der Waals surface area contributed by atoms with Gasteiger partial charge in [-0.2, -0.15) is 0 Å². The van der Waals surface area contributed by atoms with E-state index in [1.165, 1.54) is 0 Å². The number of aromatic amines is 1. The third-order valence-electron chi connectivity index (χ3n) is 6.34. The second kappa shape index (κ2) is 12.2. The number of rotatable bonds is 7. The van der Waals surface area contributed by atoms with Gasteiger partial charge in [-0.05, 0) is 41.5 Å². The molecule has 0 spiro atoms. The topological polar surface area (TPSA) is 146 Å². The highest BCUT2D eigenvalue weighted by Crippen LogP contribution is 2.24. The lowest BCUT2D eigenvalue weighted by Gasteiger charge is -2.09. The molecule has 0 unspecified atom stereocenters. The number of carboxylic acid groups (broad SMARTS) is 1. The Morgan fingerprint density at radius 2 is 1.44 bits per heavy atom. The van der Waals surface area contributed by atoms with E-state index in [1.807, 2.05) is 36.4 Å². The van der Waals surface area contributed by atoms with Crippen LogP contribution in [0, 0.1) is 0 Å². The number of para-hydroxylation sites is 1. The van der Waals surface area contributed by atoms with Crippen LogP contribution in [0.1, 0.15) is 31.8 Å². The quantitative estimate of drug-likeness (QED) is 0.328. The molecule has 3 aromatic carbocycles. The molecule has 0 saturated carbocycles. The molecule has 1 amide bonds. The molecule has 10 heteroatoms. The number of hydrogen-bond acceptors (Lipinski definition) is 7. The molecule has 4 aromatic rings. The predicted molar refractivity (Wildman–Crippen MR) is 142 cm³/mol. The minimum Gasteiger partial charge on any atom is -0.478 e. The lowest BCUT2D eigenvalue weighted by Crippen LogP contribution is -2.11. The second-order valence-corrected chi connectivity index (χ2v) is 9.11. The van der Waals surface area contributed by atoms with Crippen LogP contribution in [-0.4, -0.2) is 66.0 Å². The van der Waals surface area contributed by atoms with Gasteiger partial charge in [0, 0.05) is 18.4 Å². The van der Waals surface area contributed by atoms with Crippen molar-refractivity contribution < 1.29 is 33.6 Å². The highest BCUT2D eigenvalue weighted by molar-refractivity contribution is 6.04. The molecule has 2 saturated heterocycles. The molecule has 10 nitrogen and oxygen atoms in total. The van der Waals surface area contributed by atoms with E-state index in [9.17, 15) is 9.59 Å². The fraction of sp³-hybridized carbons (Fsp3) is 0.276. The van der Waals surface area contributed by atoms with Gasteiger partial charge in [-0.1, -0.05) is 36.4 Å². The van der Waals surface area contributed by atoms with Gasteiger partial charge in [0.2, 0.25) is 0 Å². The zero-order chi connectivity index (χ0) is 27.2. The van der Waals surface area contributed by atoms with Gasteiger partial charge < -0.3 is 34.8 Å². The lowest BCUT2D eigenvalue weighted by atomic mass is 10.1. The minimum absolute atomic E-state index is 0.183. The lowest BCUT2D eigenvalue weighted by molar-refractivity contribution is -0.0402. The second-order valence-electron chi connectivity index (χ2n) is 9.11. The Morgan fingerprint density at radius 3 is 2.05 bits per heavy atom. The molecule has 3 heterocycles. The standard InChI is InChI=1S/C18H17N3O3.C11H12O4/c19-17(22)13-5-2-6-14-16(13)21-18(20-14)12-4-1-3-11(9-12)10-15-23-7-8-24-15;12-11(13)9-3-1-2-8(6-9)7-10-14-4-5-15-10/h1-6,9,15H,7-8,10H2,(H2,19,22)(H,20,21);1-3,6,10H,4-5,7H2,(H,12,13). The summed E-state index contributed by atoms with van der Waals surface area (Å²) in [6.07, 6.45) is 0.883. The Labute approximate surface area is 224 Å². The summed E-state index contributed by atoms with van der Waals surface area (Å²) in [5.74, 6) is -0.693. The Balaban J connectivity index is 0.000000177. The number of carboxylic acids is 1. The van der Waals surface area contributed by atoms with Gasteiger partial charge in [-0.25, -0.2) is 9.78 Å². The summed E-state index contributed by atoms with van der Waals surface area (Å²) >= 11 is 0. The number of amides is 1. The number of carbonyl (C=O) groups is 2. The highest BCUT2D eigenvalue weighted by Gasteiger charge is 2.18. The number of carbonyl (C=O) groups excluding carboxylic acids is 1. The van der Waals surface area contributed by atoms with E-state index in [1.54, 1.807) is 30.3 Å². The maximum atomic E-state index is 11.5. The van der Waals surface area contributed by atoms with Gasteiger partial charge in [0.25, 0.3) is 5.91 Å². The number of imidazole rings is 1. The number of nitrogens with zero attached hydrogens (tertiary/aromatic N) is 1. The first-order chi connectivity index (χ1) is 19.0. The number of benzene rings is 3. The van der Waals surface area contributed by atoms with Crippen LogP contribution in [0.15, 0.2) is 66.7 Å². The molecular formula is C29H29N3O7. The van der Waals surface area contributed by atoms with Crippen LogP contribution in [0.5, 0.6) is 0 Å². The van der Waals surface area contributed by atoms with Gasteiger partial charge in [0.05, 0.1) is 43.1 Å². The summed E-state index contributed by atoms with van der Waals surface area (Å²) in [6, 6.07) is 20.2. The average Bonchev–Trinajstić information content (AvgIpc) is 3.71. The van der Waals surface area contributed by atoms with Crippen molar-refractivity contribution in [1.29, 1.82) is 0 Å². The predicted octanol–water partition coefficient (Wildman–Crippen LogP) is 3.54. The smallest absolute Gasteiger partial charge is 0.335 e. The maximum absolute atomic E-state index is 11.5. The Bertz CT molecular complexity index is 1460. The number of aromatic nitrogens is 2. The molecule has 0 bridgehead atoms. The third kappa shape index (κ3) is 6.68. The number of nitrogens with two attached hydrogens (primary N) is 1. The summed E-state index contributed by atoms with van der Waals surface area (Å²) in [6.45, 7) is 2.51. The molecular weight excluding hydrogens is 502 g/mol. The van der Waals surface area contributed by atoms with Crippen LogP contribution in [0.4, 0.5) is 0 Å². The molecule has 1 aromatic heterocycles. The number of primary amides is 1. The van der Waals surface area contributed by atoms with Crippen molar-refractivity contribution in [3.05, 3.63) is 89.0 Å². The molecule has 39 heavy (non-hydrogen) atoms. The summed E-state index contributed by atoms with van der Waals surface area (Å²) in [7, 11) is 0. The van der Waals surface area contributed by atoms with Crippen LogP contribution in [-0.2, 0) is 31.8 Å². The van der Waals surface area contributed by atoms with E-state index in [2.05, 4.69) is 9.97 Å². The van der Waals surface area contributed by atoms with Crippen molar-refractivity contribution in [2.75, 3.05) is 26.4 Å². The van der Waals surface area contributed by atoms with Gasteiger partial charge in [0.15, 0.2) is 12.6 Å². The van der Waals surface area contributed by atoms with Gasteiger partial charge in [0.1, 0.15) is 11.3 Å². The normalized spacial score (nSPS) is 15.8. The molecule has 2 fully saturated rings. The fourth-order valence-electron chi connectivity index (χ4n) is 4.48. The molecule has 4 N–H and O–H groups in total. The van der Waals surface area contributed by atoms with Crippen molar-refractivity contribution >= 4 is 22.9 Å². The highest BCUT2D eigenvalue weighted by atomic mass is 16.7. The SMILES string of the molecule is NC(=O)c1cccc2[nH]c(-c3cccc(CC4OCCO4)c3)nc12.O=C(O)c1cccc(CC2OCCO2)c1. The minimum atomic E-state index is -0.912. The molecule has 0 radical (unpaired) electrons. The first-order valence-corrected chi connectivity index (χ1v) is 12.6. The van der Waals surface area contributed by atoms with E-state index in [0.717, 1.165) is 22.2 Å². The number of fused-ring (bicyclic) bond motifs is 1. The largest absolute Gasteiger partial charge is 0.478 e. The molecule has 2 aliphatic heterocycles. The van der Waals surface area contributed by atoms with Crippen molar-refractivity contribution in [2.45, 2.75) is 25.4 Å². The number of hydrogen-bond donors (Lipinski definition) is 3. The molecule has 0 atom stereocenters. The molecule has 0 aliphatic carbocycles. The van der Waals surface area contributed by atoms with E-state index < -0.39 is 11.9 Å². The van der Waals surface area contributed by atoms with Crippen LogP contribution < -0.4 is 5.73 Å². The molecule has 6 rings (SSSR count). The number of H-pyrrole nitrogens is 1. The average molecular weight is 532 g/mol. The first-order valence-electron chi connectivity index (χ1n) is 12.6. The van der Waals surface area contributed by atoms with Crippen molar-refractivity contribution in [3.8, 4) is 11.4 Å². The van der Waals surface area contributed by atoms with E-state index in [0.29, 0.717) is 61.7 Å². The number of nitrogens with one attached hydrogen (secondary N) is 1. The van der Waals surface area contributed by atoms with E-state index >= 15 is 0 Å². The van der Waals surface area contributed by atoms with E-state index in [-0.39, 0.29) is 12.6 Å². The van der Waals surface area contributed by atoms with Crippen LogP contribution >= 0.6 is 0 Å². The summed E-state index contributed by atoms with van der Waals surface area (Å²) < 4.78 is 21.6. The molecule has 202 valence electrons. The summed E-state index contributed by atoms with van der Waals surface area (Å²) in [5.41, 5.74) is 10.5. The monoisotopic (exact) mass is 531 g/mol. The van der Waals surface area contributed by atoms with Gasteiger partial charge in [-0.15, -0.1) is 0 Å². The zero-order valence-corrected chi connectivity index (χ0v) is 21.2. The number of aromatic carboxylic acids is 1. The maximum Gasteiger partial charge on any atom is 0.335 e. The Morgan fingerprint density at radius 1 is 0.846 bits per heavy atom. The Kier molecular flexibility index (Phi) is 8.28. The molecule has 2 aliphatic rings. The van der Waals surface area contributed by atoms with Crippen molar-refractivity contribution in [2.24, 2.45) is 5.73 Å².